The highest BCUT2D eigenvalue weighted by atomic mass is 127. The quantitative estimate of drug-likeness (QED) is 0.141. The Balaban J connectivity index is 1.71. The number of nitrogens with zero attached hydrogens (tertiary/aromatic N) is 2. The normalized spacial score (nSPS) is 11.9. The molecule has 5 aromatic carbocycles. The van der Waals surface area contributed by atoms with Crippen LogP contribution in [0.5, 0.6) is 0 Å². The molecule has 2 heterocycles. The Morgan fingerprint density at radius 3 is 2.11 bits per heavy atom. The first kappa shape index (κ1) is 23.1. The van der Waals surface area contributed by atoms with E-state index < -0.39 is 0 Å². The average molecular weight is 601 g/mol. The summed E-state index contributed by atoms with van der Waals surface area (Å²) in [5.74, 6) is 0. The van der Waals surface area contributed by atoms with Crippen molar-refractivity contribution in [2.24, 2.45) is 0 Å². The van der Waals surface area contributed by atoms with Crippen LogP contribution >= 0.6 is 22.9 Å². The molecule has 0 saturated carbocycles. The predicted molar refractivity (Wildman–Crippen MR) is 173 cm³/mol. The van der Waals surface area contributed by atoms with E-state index in [2.05, 4.69) is 159 Å². The predicted octanol–water partition coefficient (Wildman–Crippen LogP) is 10.3. The number of fused-ring (bicyclic) bond motifs is 8. The van der Waals surface area contributed by atoms with Crippen molar-refractivity contribution in [3.63, 3.8) is 0 Å². The number of hydrogen-bond acceptors (Lipinski definition) is 0. The van der Waals surface area contributed by atoms with Crippen LogP contribution in [0.15, 0.2) is 122 Å². The zero-order valence-corrected chi connectivity index (χ0v) is 23.2. The van der Waals surface area contributed by atoms with Gasteiger partial charge in [-0.05, 0) is 36.2 Å². The maximum Gasteiger partial charge on any atom is 0.0676 e. The zero-order valence-electron chi connectivity index (χ0n) is 21.0. The van der Waals surface area contributed by atoms with Crippen LogP contribution in [-0.4, -0.2) is 7.35 Å². The van der Waals surface area contributed by atoms with Gasteiger partial charge in [-0.1, -0.05) is 110 Å². The molecule has 0 amide bonds. The maximum absolute atomic E-state index is 3.96. The lowest BCUT2D eigenvalue weighted by Gasteiger charge is -2.13. The molecule has 0 atom stereocenters. The van der Waals surface area contributed by atoms with Gasteiger partial charge in [0.1, 0.15) is 0 Å². The maximum atomic E-state index is 3.96. The van der Waals surface area contributed by atoms with Crippen molar-refractivity contribution in [3.05, 3.63) is 133 Å². The number of aromatic nitrogens is 2. The molecule has 2 aromatic heterocycles. The molecule has 0 aliphatic rings. The standard InChI is InChI=1S/C35H25IN2/c1-3-4-17-27-23(2)37(26-16-12-15-25(22-26)24-13-6-5-7-14-24)34-28-18-8-9-19-29(28)35-33(32(27)34)30-20-10-11-21-31(30)38(35)36/h3-22H,1H2,2H3/b17-4-. The lowest BCUT2D eigenvalue weighted by Crippen LogP contribution is -1.98. The van der Waals surface area contributed by atoms with Gasteiger partial charge in [-0.25, -0.2) is 0 Å². The summed E-state index contributed by atoms with van der Waals surface area (Å²) in [5, 5.41) is 6.37. The third-order valence-electron chi connectivity index (χ3n) is 7.57. The zero-order chi connectivity index (χ0) is 25.8. The van der Waals surface area contributed by atoms with E-state index in [9.17, 15) is 0 Å². The van der Waals surface area contributed by atoms with Gasteiger partial charge in [-0.3, -0.25) is 2.78 Å². The summed E-state index contributed by atoms with van der Waals surface area (Å²) in [7, 11) is 0. The van der Waals surface area contributed by atoms with Crippen molar-refractivity contribution < 1.29 is 0 Å². The lowest BCUT2D eigenvalue weighted by molar-refractivity contribution is 1.05. The van der Waals surface area contributed by atoms with Gasteiger partial charge in [0, 0.05) is 43.9 Å². The van der Waals surface area contributed by atoms with Gasteiger partial charge in [0.15, 0.2) is 0 Å². The Morgan fingerprint density at radius 2 is 1.34 bits per heavy atom. The number of allylic oxidation sites excluding steroid dienone is 2. The van der Waals surface area contributed by atoms with Gasteiger partial charge >= 0.3 is 0 Å². The van der Waals surface area contributed by atoms with Crippen LogP contribution in [0, 0.1) is 6.92 Å². The summed E-state index contributed by atoms with van der Waals surface area (Å²) in [6, 6.07) is 37.1. The Hall–Kier alpha value is -4.09. The number of hydrogen-bond donors (Lipinski definition) is 0. The third kappa shape index (κ3) is 3.31. The lowest BCUT2D eigenvalue weighted by atomic mass is 9.98. The number of halogens is 1. The second-order valence-electron chi connectivity index (χ2n) is 9.64. The van der Waals surface area contributed by atoms with E-state index in [0.29, 0.717) is 0 Å². The molecular weight excluding hydrogens is 575 g/mol. The van der Waals surface area contributed by atoms with Crippen LogP contribution < -0.4 is 0 Å². The molecule has 0 aliphatic heterocycles. The SMILES string of the molecule is C=C/C=C\c1c(C)n(-c2cccc(-c3ccccc3)c2)c2c3ccccc3c3c(c4ccccc4n3I)c12. The number of rotatable bonds is 4. The van der Waals surface area contributed by atoms with Crippen LogP contribution in [0.3, 0.4) is 0 Å². The summed E-state index contributed by atoms with van der Waals surface area (Å²) >= 11 is 2.47. The summed E-state index contributed by atoms with van der Waals surface area (Å²) in [5.41, 5.74) is 9.77. The van der Waals surface area contributed by atoms with E-state index in [1.807, 2.05) is 6.08 Å². The molecule has 7 rings (SSSR count). The van der Waals surface area contributed by atoms with Crippen molar-refractivity contribution in [1.82, 2.24) is 7.35 Å². The number of para-hydroxylation sites is 1. The van der Waals surface area contributed by atoms with Gasteiger partial charge in [-0.2, -0.15) is 0 Å². The first-order valence-electron chi connectivity index (χ1n) is 12.8. The van der Waals surface area contributed by atoms with Gasteiger partial charge < -0.3 is 4.57 Å². The van der Waals surface area contributed by atoms with Crippen molar-refractivity contribution in [2.45, 2.75) is 6.92 Å². The van der Waals surface area contributed by atoms with Gasteiger partial charge in [0.05, 0.1) is 39.4 Å². The van der Waals surface area contributed by atoms with Crippen LogP contribution in [0.25, 0.3) is 66.4 Å². The fraction of sp³-hybridized carbons (Fsp3) is 0.0286. The molecule has 0 unspecified atom stereocenters. The Kier molecular flexibility index (Phi) is 5.48. The summed E-state index contributed by atoms with van der Waals surface area (Å²) in [4.78, 5) is 0. The van der Waals surface area contributed by atoms with E-state index in [4.69, 9.17) is 0 Å². The summed E-state index contributed by atoms with van der Waals surface area (Å²) < 4.78 is 4.78. The third-order valence-corrected chi connectivity index (χ3v) is 8.57. The van der Waals surface area contributed by atoms with Crippen LogP contribution in [0.1, 0.15) is 11.3 Å². The van der Waals surface area contributed by atoms with E-state index in [1.165, 1.54) is 65.9 Å². The van der Waals surface area contributed by atoms with Gasteiger partial charge in [0.25, 0.3) is 0 Å². The van der Waals surface area contributed by atoms with Crippen LogP contribution in [0.4, 0.5) is 0 Å². The number of benzene rings is 5. The van der Waals surface area contributed by atoms with Crippen molar-refractivity contribution in [3.8, 4) is 16.8 Å². The van der Waals surface area contributed by atoms with E-state index in [-0.39, 0.29) is 0 Å². The van der Waals surface area contributed by atoms with Gasteiger partial charge in [0.2, 0.25) is 0 Å². The minimum absolute atomic E-state index is 1.16. The topological polar surface area (TPSA) is 9.86 Å². The molecule has 182 valence electrons. The fourth-order valence-corrected chi connectivity index (χ4v) is 6.88. The monoisotopic (exact) mass is 600 g/mol. The largest absolute Gasteiger partial charge is 0.313 e. The van der Waals surface area contributed by atoms with E-state index in [0.717, 1.165) is 5.69 Å². The van der Waals surface area contributed by atoms with Crippen molar-refractivity contribution in [1.29, 1.82) is 0 Å². The Labute approximate surface area is 235 Å². The second-order valence-corrected chi connectivity index (χ2v) is 10.6. The first-order chi connectivity index (χ1) is 18.7. The van der Waals surface area contributed by atoms with E-state index in [1.54, 1.807) is 0 Å². The highest BCUT2D eigenvalue weighted by molar-refractivity contribution is 14.1. The molecule has 0 aliphatic carbocycles. The van der Waals surface area contributed by atoms with Crippen LogP contribution in [-0.2, 0) is 0 Å². The van der Waals surface area contributed by atoms with Crippen molar-refractivity contribution >= 4 is 72.4 Å². The smallest absolute Gasteiger partial charge is 0.0676 e. The highest BCUT2D eigenvalue weighted by Crippen LogP contribution is 2.46. The van der Waals surface area contributed by atoms with Crippen molar-refractivity contribution in [2.75, 3.05) is 0 Å². The molecular formula is C35H25IN2. The molecule has 7 aromatic rings. The summed E-state index contributed by atoms with van der Waals surface area (Å²) in [6.45, 7) is 6.20. The van der Waals surface area contributed by atoms with Gasteiger partial charge in [-0.15, -0.1) is 0 Å². The molecule has 0 spiro atoms. The minimum Gasteiger partial charge on any atom is -0.313 e. The van der Waals surface area contributed by atoms with Crippen LogP contribution in [0.2, 0.25) is 0 Å². The average Bonchev–Trinajstić information content (AvgIpc) is 3.43. The molecule has 0 N–H and O–H groups in total. The fourth-order valence-electron chi connectivity index (χ4n) is 5.95. The summed E-state index contributed by atoms with van der Waals surface area (Å²) in [6.07, 6.45) is 6.13. The molecule has 38 heavy (non-hydrogen) atoms. The second kappa shape index (κ2) is 9.03. The molecule has 0 saturated heterocycles. The molecule has 3 heteroatoms. The molecule has 0 bridgehead atoms. The minimum atomic E-state index is 1.16. The Bertz CT molecular complexity index is 2060. The molecule has 0 radical (unpaired) electrons. The molecule has 0 fully saturated rings. The highest BCUT2D eigenvalue weighted by Gasteiger charge is 2.24. The van der Waals surface area contributed by atoms with E-state index >= 15 is 0 Å². The first-order valence-corrected chi connectivity index (χ1v) is 13.8. The molecule has 2 nitrogen and oxygen atoms in total. The Morgan fingerprint density at radius 1 is 0.684 bits per heavy atom.